The molecule has 0 bridgehead atoms. The fraction of sp³-hybridized carbons (Fsp3) is 0.385. The lowest BCUT2D eigenvalue weighted by Crippen LogP contribution is -2.33. The molecule has 0 atom stereocenters. The summed E-state index contributed by atoms with van der Waals surface area (Å²) >= 11 is 5.68. The lowest BCUT2D eigenvalue weighted by molar-refractivity contribution is 0.0769. The highest BCUT2D eigenvalue weighted by Crippen LogP contribution is 2.30. The van der Waals surface area contributed by atoms with Crippen molar-refractivity contribution < 1.29 is 4.79 Å². The predicted octanol–water partition coefficient (Wildman–Crippen LogP) is 2.22. The highest BCUT2D eigenvalue weighted by molar-refractivity contribution is 6.29. The van der Waals surface area contributed by atoms with Crippen LogP contribution >= 0.6 is 11.6 Å². The van der Waals surface area contributed by atoms with Gasteiger partial charge in [-0.05, 0) is 30.9 Å². The normalized spacial score (nSPS) is 14.1. The number of amides is 1. The van der Waals surface area contributed by atoms with Crippen LogP contribution < -0.4 is 0 Å². The molecule has 1 saturated carbocycles. The van der Waals surface area contributed by atoms with Gasteiger partial charge in [-0.1, -0.05) is 17.5 Å². The second-order valence-electron chi connectivity index (χ2n) is 4.20. The average Bonchev–Trinajstić information content (AvgIpc) is 3.13. The molecule has 3 nitrogen and oxygen atoms in total. The first-order chi connectivity index (χ1) is 8.20. The number of nitrogens with zero attached hydrogens (tertiary/aromatic N) is 2. The summed E-state index contributed by atoms with van der Waals surface area (Å²) in [4.78, 5) is 17.8. The molecule has 0 aromatic carbocycles. The largest absolute Gasteiger partial charge is 0.327 e. The Hall–Kier alpha value is -1.53. The van der Waals surface area contributed by atoms with Crippen molar-refractivity contribution in [2.45, 2.75) is 12.8 Å². The number of hydrogen-bond acceptors (Lipinski definition) is 2. The zero-order chi connectivity index (χ0) is 12.3. The number of carbonyl (C=O) groups excluding carboxylic acids is 1. The molecular formula is C13H13ClN2O. The van der Waals surface area contributed by atoms with Gasteiger partial charge in [0, 0.05) is 12.7 Å². The van der Waals surface area contributed by atoms with Gasteiger partial charge in [0.15, 0.2) is 0 Å². The van der Waals surface area contributed by atoms with E-state index in [0.29, 0.717) is 23.2 Å². The minimum absolute atomic E-state index is 0.0704. The van der Waals surface area contributed by atoms with E-state index in [1.807, 2.05) is 0 Å². The van der Waals surface area contributed by atoms with Crippen LogP contribution in [0.25, 0.3) is 0 Å². The first-order valence-electron chi connectivity index (χ1n) is 5.55. The summed E-state index contributed by atoms with van der Waals surface area (Å²) in [7, 11) is 0. The second kappa shape index (κ2) is 5.20. The molecule has 1 heterocycles. The molecule has 4 heteroatoms. The quantitative estimate of drug-likeness (QED) is 0.605. The van der Waals surface area contributed by atoms with Crippen LogP contribution in [-0.4, -0.2) is 28.9 Å². The number of pyridine rings is 1. The third-order valence-corrected chi connectivity index (χ3v) is 2.94. The molecule has 0 N–H and O–H groups in total. The fourth-order valence-corrected chi connectivity index (χ4v) is 1.74. The van der Waals surface area contributed by atoms with Gasteiger partial charge in [-0.25, -0.2) is 4.98 Å². The van der Waals surface area contributed by atoms with Crippen molar-refractivity contribution in [3.8, 4) is 12.3 Å². The minimum Gasteiger partial charge on any atom is -0.327 e. The van der Waals surface area contributed by atoms with Crippen molar-refractivity contribution in [1.29, 1.82) is 0 Å². The fourth-order valence-electron chi connectivity index (χ4n) is 1.63. The molecule has 1 aromatic heterocycles. The molecule has 0 aliphatic heterocycles. The maximum Gasteiger partial charge on any atom is 0.256 e. The zero-order valence-corrected chi connectivity index (χ0v) is 10.2. The number of hydrogen-bond donors (Lipinski definition) is 0. The number of rotatable bonds is 4. The number of terminal acetylenes is 1. The van der Waals surface area contributed by atoms with Crippen molar-refractivity contribution in [2.24, 2.45) is 5.92 Å². The number of aromatic nitrogens is 1. The smallest absolute Gasteiger partial charge is 0.256 e. The average molecular weight is 249 g/mol. The lowest BCUT2D eigenvalue weighted by atomic mass is 10.2. The van der Waals surface area contributed by atoms with E-state index in [-0.39, 0.29) is 5.91 Å². The minimum atomic E-state index is -0.0704. The van der Waals surface area contributed by atoms with Crippen molar-refractivity contribution in [3.63, 3.8) is 0 Å². The van der Waals surface area contributed by atoms with E-state index in [1.165, 1.54) is 19.0 Å². The molecule has 1 amide bonds. The van der Waals surface area contributed by atoms with Crippen molar-refractivity contribution in [1.82, 2.24) is 9.88 Å². The van der Waals surface area contributed by atoms with Gasteiger partial charge >= 0.3 is 0 Å². The van der Waals surface area contributed by atoms with Crippen LogP contribution in [0.1, 0.15) is 23.2 Å². The summed E-state index contributed by atoms with van der Waals surface area (Å²) < 4.78 is 0. The van der Waals surface area contributed by atoms with E-state index in [4.69, 9.17) is 18.0 Å². The summed E-state index contributed by atoms with van der Waals surface area (Å²) in [6.45, 7) is 1.09. The molecule has 1 aliphatic carbocycles. The highest BCUT2D eigenvalue weighted by atomic mass is 35.5. The maximum absolute atomic E-state index is 12.2. The topological polar surface area (TPSA) is 33.2 Å². The van der Waals surface area contributed by atoms with E-state index in [0.717, 1.165) is 6.54 Å². The molecule has 17 heavy (non-hydrogen) atoms. The first kappa shape index (κ1) is 11.9. The third-order valence-electron chi connectivity index (χ3n) is 2.72. The van der Waals surface area contributed by atoms with Gasteiger partial charge in [0.05, 0.1) is 12.1 Å². The van der Waals surface area contributed by atoms with Crippen LogP contribution in [0, 0.1) is 18.3 Å². The van der Waals surface area contributed by atoms with Gasteiger partial charge in [-0.3, -0.25) is 4.79 Å². The zero-order valence-electron chi connectivity index (χ0n) is 9.40. The molecule has 0 saturated heterocycles. The molecule has 2 rings (SSSR count). The Balaban J connectivity index is 2.09. The summed E-state index contributed by atoms with van der Waals surface area (Å²) in [5.74, 6) is 3.07. The highest BCUT2D eigenvalue weighted by Gasteiger charge is 2.26. The SMILES string of the molecule is C#CCN(CC1CC1)C(=O)c1ccc(Cl)nc1. The molecular weight excluding hydrogens is 236 g/mol. The van der Waals surface area contributed by atoms with Crippen LogP contribution in [0.5, 0.6) is 0 Å². The molecule has 0 unspecified atom stereocenters. The Kier molecular flexibility index (Phi) is 3.65. The molecule has 0 radical (unpaired) electrons. The monoisotopic (exact) mass is 248 g/mol. The number of halogens is 1. The Morgan fingerprint density at radius 1 is 1.59 bits per heavy atom. The van der Waals surface area contributed by atoms with Gasteiger partial charge < -0.3 is 4.90 Å². The molecule has 1 fully saturated rings. The lowest BCUT2D eigenvalue weighted by Gasteiger charge is -2.19. The van der Waals surface area contributed by atoms with Gasteiger partial charge in [0.1, 0.15) is 5.15 Å². The van der Waals surface area contributed by atoms with E-state index >= 15 is 0 Å². The summed E-state index contributed by atoms with van der Waals surface area (Å²) in [5, 5.41) is 0.382. The molecule has 1 aliphatic rings. The van der Waals surface area contributed by atoms with E-state index < -0.39 is 0 Å². The summed E-state index contributed by atoms with van der Waals surface area (Å²) in [6, 6.07) is 3.29. The van der Waals surface area contributed by atoms with E-state index in [2.05, 4.69) is 10.9 Å². The Morgan fingerprint density at radius 2 is 2.35 bits per heavy atom. The third kappa shape index (κ3) is 3.21. The molecule has 0 spiro atoms. The van der Waals surface area contributed by atoms with Crippen LogP contribution in [0.15, 0.2) is 18.3 Å². The van der Waals surface area contributed by atoms with Gasteiger partial charge in [-0.15, -0.1) is 6.42 Å². The van der Waals surface area contributed by atoms with Gasteiger partial charge in [-0.2, -0.15) is 0 Å². The summed E-state index contributed by atoms with van der Waals surface area (Å²) in [6.07, 6.45) is 9.15. The predicted molar refractivity (Wildman–Crippen MR) is 66.7 cm³/mol. The van der Waals surface area contributed by atoms with E-state index in [9.17, 15) is 4.79 Å². The standard InChI is InChI=1S/C13H13ClN2O/c1-2-7-16(9-10-3-4-10)13(17)11-5-6-12(14)15-8-11/h1,5-6,8,10H,3-4,7,9H2. The first-order valence-corrected chi connectivity index (χ1v) is 5.93. The maximum atomic E-state index is 12.2. The number of carbonyl (C=O) groups is 1. The van der Waals surface area contributed by atoms with Crippen molar-refractivity contribution in [3.05, 3.63) is 29.0 Å². The van der Waals surface area contributed by atoms with Crippen LogP contribution in [0.2, 0.25) is 5.15 Å². The van der Waals surface area contributed by atoms with Crippen LogP contribution in [0.4, 0.5) is 0 Å². The second-order valence-corrected chi connectivity index (χ2v) is 4.59. The van der Waals surface area contributed by atoms with Crippen molar-refractivity contribution in [2.75, 3.05) is 13.1 Å². The van der Waals surface area contributed by atoms with Gasteiger partial charge in [0.2, 0.25) is 0 Å². The van der Waals surface area contributed by atoms with Crippen LogP contribution in [-0.2, 0) is 0 Å². The van der Waals surface area contributed by atoms with Crippen molar-refractivity contribution >= 4 is 17.5 Å². The Bertz CT molecular complexity index is 445. The summed E-state index contributed by atoms with van der Waals surface area (Å²) in [5.41, 5.74) is 0.533. The Morgan fingerprint density at radius 3 is 2.88 bits per heavy atom. The molecule has 88 valence electrons. The van der Waals surface area contributed by atoms with Crippen LogP contribution in [0.3, 0.4) is 0 Å². The van der Waals surface area contributed by atoms with E-state index in [1.54, 1.807) is 17.0 Å². The molecule has 1 aromatic rings. The Labute approximate surface area is 106 Å². The van der Waals surface area contributed by atoms with Gasteiger partial charge in [0.25, 0.3) is 5.91 Å².